The third kappa shape index (κ3) is 4.51. The van der Waals surface area contributed by atoms with Gasteiger partial charge >= 0.3 is 5.69 Å². The normalized spacial score (nSPS) is 14.6. The molecule has 3 heterocycles. The van der Waals surface area contributed by atoms with Crippen LogP contribution in [0.25, 0.3) is 16.5 Å². The van der Waals surface area contributed by atoms with Crippen LogP contribution in [0.15, 0.2) is 74.5 Å². The quantitative estimate of drug-likeness (QED) is 0.454. The second-order valence-electron chi connectivity index (χ2n) is 8.42. The van der Waals surface area contributed by atoms with Gasteiger partial charge in [0, 0.05) is 36.9 Å². The summed E-state index contributed by atoms with van der Waals surface area (Å²) in [6.07, 6.45) is 1.58. The highest BCUT2D eigenvalue weighted by atomic mass is 32.1. The molecule has 0 bridgehead atoms. The van der Waals surface area contributed by atoms with Crippen LogP contribution < -0.4 is 11.2 Å². The van der Waals surface area contributed by atoms with Gasteiger partial charge in [0.25, 0.3) is 5.56 Å². The maximum Gasteiger partial charge on any atom is 0.328 e. The van der Waals surface area contributed by atoms with Crippen molar-refractivity contribution in [1.29, 1.82) is 0 Å². The second-order valence-corrected chi connectivity index (χ2v) is 9.16. The van der Waals surface area contributed by atoms with Crippen molar-refractivity contribution in [2.24, 2.45) is 0 Å². The molecule has 2 aromatic heterocycles. The Balaban J connectivity index is 1.35. The van der Waals surface area contributed by atoms with E-state index in [1.54, 1.807) is 35.0 Å². The third-order valence-corrected chi connectivity index (χ3v) is 7.09. The largest absolute Gasteiger partial charge is 0.328 e. The highest BCUT2D eigenvalue weighted by Crippen LogP contribution is 2.32. The first-order valence-electron chi connectivity index (χ1n) is 11.1. The number of benzene rings is 2. The summed E-state index contributed by atoms with van der Waals surface area (Å²) in [5.74, 6) is -0.596. The van der Waals surface area contributed by atoms with Crippen molar-refractivity contribution < 1.29 is 8.78 Å². The van der Waals surface area contributed by atoms with E-state index >= 15 is 0 Å². The lowest BCUT2D eigenvalue weighted by Crippen LogP contribution is -2.40. The zero-order valence-corrected chi connectivity index (χ0v) is 19.2. The number of nitrogens with zero attached hydrogens (tertiary/aromatic N) is 2. The average molecular weight is 480 g/mol. The van der Waals surface area contributed by atoms with Crippen LogP contribution in [0.3, 0.4) is 0 Å². The number of aromatic amines is 1. The van der Waals surface area contributed by atoms with Crippen LogP contribution in [0, 0.1) is 11.6 Å². The minimum Gasteiger partial charge on any atom is -0.306 e. The van der Waals surface area contributed by atoms with Crippen molar-refractivity contribution in [3.8, 4) is 0 Å². The number of nitrogens with one attached hydrogen (secondary N) is 1. The zero-order valence-electron chi connectivity index (χ0n) is 18.4. The number of piperidine rings is 1. The van der Waals surface area contributed by atoms with Gasteiger partial charge in [0.15, 0.2) is 0 Å². The molecule has 1 saturated heterocycles. The van der Waals surface area contributed by atoms with Gasteiger partial charge in [-0.25, -0.2) is 13.6 Å². The molecule has 0 amide bonds. The first-order valence-corrected chi connectivity index (χ1v) is 12.1. The lowest BCUT2D eigenvalue weighted by atomic mass is 9.88. The van der Waals surface area contributed by atoms with Gasteiger partial charge in [-0.15, -0.1) is 11.3 Å². The van der Waals surface area contributed by atoms with E-state index in [9.17, 15) is 18.4 Å². The van der Waals surface area contributed by atoms with E-state index in [-0.39, 0.29) is 22.9 Å². The maximum atomic E-state index is 13.5. The van der Waals surface area contributed by atoms with Gasteiger partial charge < -0.3 is 9.88 Å². The lowest BCUT2D eigenvalue weighted by Gasteiger charge is -2.30. The number of rotatable bonds is 5. The fourth-order valence-electron chi connectivity index (χ4n) is 4.53. The van der Waals surface area contributed by atoms with Gasteiger partial charge in [-0.1, -0.05) is 29.8 Å². The Morgan fingerprint density at radius 2 is 1.44 bits per heavy atom. The van der Waals surface area contributed by atoms with Gasteiger partial charge in [0.05, 0.1) is 10.9 Å². The average Bonchev–Trinajstić information content (AvgIpc) is 3.31. The molecule has 5 nitrogen and oxygen atoms in total. The third-order valence-electron chi connectivity index (χ3n) is 6.34. The van der Waals surface area contributed by atoms with E-state index in [4.69, 9.17) is 0 Å². The van der Waals surface area contributed by atoms with E-state index < -0.39 is 0 Å². The van der Waals surface area contributed by atoms with E-state index in [1.165, 1.54) is 45.7 Å². The molecular weight excluding hydrogens is 456 g/mol. The molecule has 4 aromatic rings. The van der Waals surface area contributed by atoms with Crippen molar-refractivity contribution in [2.75, 3.05) is 19.6 Å². The molecule has 174 valence electrons. The van der Waals surface area contributed by atoms with Crippen LogP contribution >= 0.6 is 11.3 Å². The molecular formula is C26H23F2N3O2S. The number of H-pyrrole nitrogens is 1. The number of fused-ring (bicyclic) bond motifs is 1. The molecule has 1 N–H and O–H groups in total. The van der Waals surface area contributed by atoms with E-state index in [1.807, 2.05) is 0 Å². The molecule has 0 aliphatic carbocycles. The Bertz CT molecular complexity index is 1410. The molecule has 0 spiro atoms. The van der Waals surface area contributed by atoms with E-state index in [2.05, 4.69) is 9.88 Å². The number of hydrogen-bond acceptors (Lipinski definition) is 4. The highest BCUT2D eigenvalue weighted by Gasteiger charge is 2.20. The minimum atomic E-state index is -0.386. The van der Waals surface area contributed by atoms with Crippen LogP contribution in [-0.2, 0) is 6.54 Å². The van der Waals surface area contributed by atoms with Gasteiger partial charge in [-0.05, 0) is 53.8 Å². The van der Waals surface area contributed by atoms with Crippen molar-refractivity contribution in [3.05, 3.63) is 108 Å². The Labute approximate surface area is 198 Å². The lowest BCUT2D eigenvalue weighted by molar-refractivity contribution is 0.245. The predicted molar refractivity (Wildman–Crippen MR) is 131 cm³/mol. The smallest absolute Gasteiger partial charge is 0.306 e. The molecule has 0 atom stereocenters. The monoisotopic (exact) mass is 479 g/mol. The highest BCUT2D eigenvalue weighted by molar-refractivity contribution is 7.09. The van der Waals surface area contributed by atoms with Gasteiger partial charge in [0.1, 0.15) is 11.6 Å². The predicted octanol–water partition coefficient (Wildman–Crippen LogP) is 4.63. The summed E-state index contributed by atoms with van der Waals surface area (Å²) in [7, 11) is 0. The Morgan fingerprint density at radius 1 is 0.853 bits per heavy atom. The van der Waals surface area contributed by atoms with Crippen molar-refractivity contribution in [3.63, 3.8) is 0 Å². The Kier molecular flexibility index (Phi) is 6.26. The summed E-state index contributed by atoms with van der Waals surface area (Å²) in [6.45, 7) is 2.46. The van der Waals surface area contributed by atoms with Crippen molar-refractivity contribution in [2.45, 2.75) is 19.4 Å². The summed E-state index contributed by atoms with van der Waals surface area (Å²) in [5, 5.41) is 4.06. The van der Waals surface area contributed by atoms with E-state index in [0.717, 1.165) is 42.6 Å². The number of halogens is 2. The zero-order chi connectivity index (χ0) is 23.7. The molecule has 34 heavy (non-hydrogen) atoms. The molecule has 5 rings (SSSR count). The number of aromatic nitrogens is 2. The SMILES string of the molecule is O=c1[nH]c2cscc2c(=O)n1CCN1CCC(=C(c2ccc(F)cc2)c2ccc(F)cc2)CC1. The molecule has 0 saturated carbocycles. The molecule has 1 aliphatic rings. The van der Waals surface area contributed by atoms with Gasteiger partial charge in [-0.2, -0.15) is 0 Å². The molecule has 8 heteroatoms. The topological polar surface area (TPSA) is 58.1 Å². The molecule has 0 radical (unpaired) electrons. The van der Waals surface area contributed by atoms with Crippen molar-refractivity contribution >= 4 is 27.8 Å². The van der Waals surface area contributed by atoms with Crippen LogP contribution in [0.2, 0.25) is 0 Å². The first-order chi connectivity index (χ1) is 16.5. The fourth-order valence-corrected chi connectivity index (χ4v) is 5.28. The Morgan fingerprint density at radius 3 is 2.03 bits per heavy atom. The minimum absolute atomic E-state index is 0.257. The summed E-state index contributed by atoms with van der Waals surface area (Å²) in [6, 6.07) is 12.8. The maximum absolute atomic E-state index is 13.5. The van der Waals surface area contributed by atoms with Crippen LogP contribution in [-0.4, -0.2) is 34.1 Å². The summed E-state index contributed by atoms with van der Waals surface area (Å²) >= 11 is 1.39. The summed E-state index contributed by atoms with van der Waals surface area (Å²) < 4.78 is 28.3. The molecule has 0 unspecified atom stereocenters. The molecule has 2 aromatic carbocycles. The van der Waals surface area contributed by atoms with Gasteiger partial charge in [-0.3, -0.25) is 9.36 Å². The van der Waals surface area contributed by atoms with Crippen LogP contribution in [0.5, 0.6) is 0 Å². The van der Waals surface area contributed by atoms with Crippen LogP contribution in [0.1, 0.15) is 24.0 Å². The van der Waals surface area contributed by atoms with Gasteiger partial charge in [0.2, 0.25) is 0 Å². The number of thiophene rings is 1. The molecule has 1 fully saturated rings. The first kappa shape index (κ1) is 22.4. The van der Waals surface area contributed by atoms with Crippen LogP contribution in [0.4, 0.5) is 8.78 Å². The van der Waals surface area contributed by atoms with Crippen molar-refractivity contribution in [1.82, 2.24) is 14.5 Å². The summed E-state index contributed by atoms with van der Waals surface area (Å²) in [4.78, 5) is 30.0. The number of likely N-dealkylation sites (tertiary alicyclic amines) is 1. The van der Waals surface area contributed by atoms with E-state index in [0.29, 0.717) is 24.0 Å². The fraction of sp³-hybridized carbons (Fsp3) is 0.231. The standard InChI is InChI=1S/C26H23F2N3O2S/c27-20-5-1-17(2-6-20)24(18-3-7-21(28)8-4-18)19-9-11-30(12-10-19)13-14-31-25(32)22-15-34-16-23(22)29-26(31)33/h1-8,15-16H,9-14H2,(H,29,33). The number of hydrogen-bond donors (Lipinski definition) is 1. The molecule has 1 aliphatic heterocycles. The summed E-state index contributed by atoms with van der Waals surface area (Å²) in [5.41, 5.74) is 3.98. The Hall–Kier alpha value is -3.36. The second kappa shape index (κ2) is 9.48.